The monoisotopic (exact) mass is 221 g/mol. The van der Waals surface area contributed by atoms with Gasteiger partial charge in [-0.15, -0.1) is 0 Å². The van der Waals surface area contributed by atoms with Crippen LogP contribution in [0.25, 0.3) is 0 Å². The highest BCUT2D eigenvalue weighted by atomic mass is 19.3. The number of carbonyl (C=O) groups is 2. The Labute approximate surface area is 85.4 Å². The molecule has 1 saturated heterocycles. The predicted octanol–water partition coefficient (Wildman–Crippen LogP) is -1.02. The predicted molar refractivity (Wildman–Crippen MR) is 48.2 cm³/mol. The molecular formula is C8H13F2N3O2. The number of carbonyl (C=O) groups excluding carboxylic acids is 2. The van der Waals surface area contributed by atoms with Gasteiger partial charge in [0.25, 0.3) is 5.92 Å². The Balaban J connectivity index is 2.33. The Hall–Kier alpha value is -1.24. The molecule has 1 aliphatic rings. The second-order valence-corrected chi connectivity index (χ2v) is 3.44. The molecule has 0 radical (unpaired) electrons. The number of nitrogens with two attached hydrogens (primary N) is 1. The molecule has 0 bridgehead atoms. The first-order chi connectivity index (χ1) is 6.94. The van der Waals surface area contributed by atoms with Gasteiger partial charge < -0.3 is 16.4 Å². The van der Waals surface area contributed by atoms with E-state index in [1.807, 2.05) is 0 Å². The zero-order valence-electron chi connectivity index (χ0n) is 8.06. The second-order valence-electron chi connectivity index (χ2n) is 3.44. The first kappa shape index (κ1) is 11.8. The van der Waals surface area contributed by atoms with E-state index in [2.05, 4.69) is 10.6 Å². The van der Waals surface area contributed by atoms with Crippen molar-refractivity contribution in [2.45, 2.75) is 24.8 Å². The van der Waals surface area contributed by atoms with Crippen LogP contribution in [0.3, 0.4) is 0 Å². The normalized spacial score (nSPS) is 21.3. The summed E-state index contributed by atoms with van der Waals surface area (Å²) >= 11 is 0. The van der Waals surface area contributed by atoms with Gasteiger partial charge in [-0.2, -0.15) is 0 Å². The van der Waals surface area contributed by atoms with E-state index in [0.29, 0.717) is 6.42 Å². The molecule has 0 aromatic rings. The van der Waals surface area contributed by atoms with Crippen molar-refractivity contribution in [3.8, 4) is 0 Å². The van der Waals surface area contributed by atoms with E-state index in [0.717, 1.165) is 0 Å². The Morgan fingerprint density at radius 1 is 1.67 bits per heavy atom. The molecule has 1 fully saturated rings. The van der Waals surface area contributed by atoms with Gasteiger partial charge in [0.15, 0.2) is 0 Å². The molecule has 0 aromatic carbocycles. The highest BCUT2D eigenvalue weighted by Crippen LogP contribution is 2.10. The van der Waals surface area contributed by atoms with Crippen molar-refractivity contribution < 1.29 is 18.4 Å². The van der Waals surface area contributed by atoms with Gasteiger partial charge in [0, 0.05) is 6.42 Å². The highest BCUT2D eigenvalue weighted by molar-refractivity contribution is 5.90. The number of amides is 2. The molecule has 4 N–H and O–H groups in total. The lowest BCUT2D eigenvalue weighted by Crippen LogP contribution is -2.47. The topological polar surface area (TPSA) is 84.2 Å². The van der Waals surface area contributed by atoms with E-state index in [4.69, 9.17) is 5.73 Å². The lowest BCUT2D eigenvalue weighted by atomic mass is 10.2. The molecule has 5 nitrogen and oxygen atoms in total. The van der Waals surface area contributed by atoms with Gasteiger partial charge in [0.2, 0.25) is 11.8 Å². The molecule has 1 atom stereocenters. The zero-order chi connectivity index (χ0) is 11.5. The zero-order valence-corrected chi connectivity index (χ0v) is 8.06. The van der Waals surface area contributed by atoms with Crippen LogP contribution in [-0.4, -0.2) is 36.9 Å². The van der Waals surface area contributed by atoms with Gasteiger partial charge in [0.1, 0.15) is 6.04 Å². The summed E-state index contributed by atoms with van der Waals surface area (Å²) < 4.78 is 25.3. The average Bonchev–Trinajstić information content (AvgIpc) is 2.61. The lowest BCUT2D eigenvalue weighted by Gasteiger charge is -2.16. The van der Waals surface area contributed by atoms with Crippen molar-refractivity contribution >= 4 is 11.8 Å². The Morgan fingerprint density at radius 3 is 2.80 bits per heavy atom. The van der Waals surface area contributed by atoms with Crippen molar-refractivity contribution in [2.75, 3.05) is 13.1 Å². The van der Waals surface area contributed by atoms with Crippen LogP contribution in [0, 0.1) is 0 Å². The Morgan fingerprint density at radius 2 is 2.33 bits per heavy atom. The van der Waals surface area contributed by atoms with Crippen molar-refractivity contribution in [1.82, 2.24) is 10.6 Å². The van der Waals surface area contributed by atoms with Crippen molar-refractivity contribution in [3.05, 3.63) is 0 Å². The number of hydrogen-bond donors (Lipinski definition) is 3. The highest BCUT2D eigenvalue weighted by Gasteiger charge is 2.31. The van der Waals surface area contributed by atoms with Crippen LogP contribution in [0.4, 0.5) is 8.78 Å². The standard InChI is InChI=1S/C8H13F2N3O2/c9-8(10,3-11)4-12-7(15)5-1-2-6(14)13-5/h5H,1-4,11H2,(H,12,15)(H,13,14)/t5-/m0/s1. The third-order valence-corrected chi connectivity index (χ3v) is 2.13. The van der Waals surface area contributed by atoms with Gasteiger partial charge in [0.05, 0.1) is 13.1 Å². The molecule has 7 heteroatoms. The van der Waals surface area contributed by atoms with Crippen LogP contribution in [0.2, 0.25) is 0 Å². The molecule has 1 aliphatic heterocycles. The third kappa shape index (κ3) is 3.43. The average molecular weight is 221 g/mol. The number of nitrogens with one attached hydrogen (secondary N) is 2. The smallest absolute Gasteiger partial charge is 0.277 e. The summed E-state index contributed by atoms with van der Waals surface area (Å²) in [7, 11) is 0. The fourth-order valence-corrected chi connectivity index (χ4v) is 1.22. The maximum atomic E-state index is 12.6. The van der Waals surface area contributed by atoms with Crippen molar-refractivity contribution in [1.29, 1.82) is 0 Å². The van der Waals surface area contributed by atoms with E-state index in [1.165, 1.54) is 0 Å². The fourth-order valence-electron chi connectivity index (χ4n) is 1.22. The molecule has 1 heterocycles. The molecular weight excluding hydrogens is 208 g/mol. The van der Waals surface area contributed by atoms with Gasteiger partial charge in [-0.05, 0) is 6.42 Å². The van der Waals surface area contributed by atoms with Gasteiger partial charge in [-0.25, -0.2) is 8.78 Å². The largest absolute Gasteiger partial charge is 0.348 e. The summed E-state index contributed by atoms with van der Waals surface area (Å²) in [5.41, 5.74) is 4.80. The summed E-state index contributed by atoms with van der Waals surface area (Å²) in [5, 5.41) is 4.43. The summed E-state index contributed by atoms with van der Waals surface area (Å²) in [6.07, 6.45) is 0.601. The van der Waals surface area contributed by atoms with Crippen LogP contribution in [0.5, 0.6) is 0 Å². The van der Waals surface area contributed by atoms with E-state index >= 15 is 0 Å². The summed E-state index contributed by atoms with van der Waals surface area (Å²) in [6, 6.07) is -0.689. The van der Waals surface area contributed by atoms with Crippen LogP contribution >= 0.6 is 0 Å². The summed E-state index contributed by atoms with van der Waals surface area (Å²) in [5.74, 6) is -3.92. The number of halogens is 2. The Bertz CT molecular complexity index is 271. The van der Waals surface area contributed by atoms with Crippen LogP contribution in [0.1, 0.15) is 12.8 Å². The van der Waals surface area contributed by atoms with Gasteiger partial charge in [-0.3, -0.25) is 9.59 Å². The minimum Gasteiger partial charge on any atom is -0.348 e. The van der Waals surface area contributed by atoms with E-state index in [-0.39, 0.29) is 12.3 Å². The van der Waals surface area contributed by atoms with Crippen molar-refractivity contribution in [2.24, 2.45) is 5.73 Å². The van der Waals surface area contributed by atoms with Gasteiger partial charge >= 0.3 is 0 Å². The Kier molecular flexibility index (Phi) is 3.57. The minimum absolute atomic E-state index is 0.235. The van der Waals surface area contributed by atoms with E-state index < -0.39 is 31.0 Å². The fraction of sp³-hybridized carbons (Fsp3) is 0.750. The number of alkyl halides is 2. The molecule has 0 aliphatic carbocycles. The summed E-state index contributed by atoms with van der Waals surface area (Å²) in [4.78, 5) is 22.0. The van der Waals surface area contributed by atoms with Crippen LogP contribution < -0.4 is 16.4 Å². The maximum Gasteiger partial charge on any atom is 0.277 e. The van der Waals surface area contributed by atoms with Crippen LogP contribution in [-0.2, 0) is 9.59 Å². The van der Waals surface area contributed by atoms with Crippen molar-refractivity contribution in [3.63, 3.8) is 0 Å². The molecule has 0 unspecified atom stereocenters. The number of rotatable bonds is 4. The van der Waals surface area contributed by atoms with E-state index in [9.17, 15) is 18.4 Å². The summed E-state index contributed by atoms with van der Waals surface area (Å²) in [6.45, 7) is -1.61. The van der Waals surface area contributed by atoms with Gasteiger partial charge in [-0.1, -0.05) is 0 Å². The molecule has 2 amide bonds. The molecule has 1 rings (SSSR count). The first-order valence-electron chi connectivity index (χ1n) is 4.59. The lowest BCUT2D eigenvalue weighted by molar-refractivity contribution is -0.127. The first-order valence-corrected chi connectivity index (χ1v) is 4.59. The number of hydrogen-bond acceptors (Lipinski definition) is 3. The maximum absolute atomic E-state index is 12.6. The second kappa shape index (κ2) is 4.52. The SMILES string of the molecule is NCC(F)(F)CNC(=O)[C@@H]1CCC(=O)N1. The third-order valence-electron chi connectivity index (χ3n) is 2.13. The van der Waals surface area contributed by atoms with E-state index in [1.54, 1.807) is 0 Å². The molecule has 0 saturated carbocycles. The molecule has 0 aromatic heterocycles. The molecule has 86 valence electrons. The molecule has 15 heavy (non-hydrogen) atoms. The minimum atomic E-state index is -3.10. The van der Waals surface area contributed by atoms with Crippen LogP contribution in [0.15, 0.2) is 0 Å². The quantitative estimate of drug-likeness (QED) is 0.568. The molecule has 0 spiro atoms.